The van der Waals surface area contributed by atoms with Crippen molar-refractivity contribution in [1.82, 2.24) is 0 Å². The van der Waals surface area contributed by atoms with Gasteiger partial charge in [-0.05, 0) is 18.9 Å². The Bertz CT molecular complexity index is 344. The minimum absolute atomic E-state index is 0.420. The molecule has 15 heavy (non-hydrogen) atoms. The van der Waals surface area contributed by atoms with Crippen LogP contribution >= 0.6 is 11.3 Å². The lowest BCUT2D eigenvalue weighted by Gasteiger charge is -2.13. The molecule has 0 fully saturated rings. The van der Waals surface area contributed by atoms with Gasteiger partial charge in [-0.2, -0.15) is 0 Å². The van der Waals surface area contributed by atoms with Crippen molar-refractivity contribution in [2.45, 2.75) is 32.7 Å². The van der Waals surface area contributed by atoms with Crippen LogP contribution in [-0.4, -0.2) is 11.9 Å². The Morgan fingerprint density at radius 2 is 2.13 bits per heavy atom. The maximum atomic E-state index is 11.0. The molecular formula is C10H17N3OS. The van der Waals surface area contributed by atoms with E-state index in [4.69, 9.17) is 11.5 Å². The van der Waals surface area contributed by atoms with Crippen molar-refractivity contribution in [3.8, 4) is 0 Å². The van der Waals surface area contributed by atoms with Gasteiger partial charge in [0.1, 0.15) is 4.88 Å². The number of primary amides is 1. The molecule has 0 unspecified atom stereocenters. The summed E-state index contributed by atoms with van der Waals surface area (Å²) in [5.41, 5.74) is 11.3. The molecule has 5 heteroatoms. The third kappa shape index (κ3) is 2.86. The number of amides is 1. The molecule has 0 spiro atoms. The van der Waals surface area contributed by atoms with Crippen LogP contribution in [0.2, 0.25) is 0 Å². The molecule has 0 aromatic carbocycles. The summed E-state index contributed by atoms with van der Waals surface area (Å²) in [6.07, 6.45) is 2.08. The fourth-order valence-electron chi connectivity index (χ4n) is 1.36. The second-order valence-corrected chi connectivity index (χ2v) is 4.47. The third-order valence-corrected chi connectivity index (χ3v) is 3.41. The van der Waals surface area contributed by atoms with Gasteiger partial charge < -0.3 is 16.8 Å². The average Bonchev–Trinajstić information content (AvgIpc) is 2.56. The molecule has 0 aliphatic rings. The third-order valence-electron chi connectivity index (χ3n) is 2.32. The van der Waals surface area contributed by atoms with Crippen molar-refractivity contribution in [1.29, 1.82) is 0 Å². The van der Waals surface area contributed by atoms with Crippen LogP contribution in [0.3, 0.4) is 0 Å². The zero-order valence-electron chi connectivity index (χ0n) is 9.04. The van der Waals surface area contributed by atoms with Crippen molar-refractivity contribution < 1.29 is 4.79 Å². The Morgan fingerprint density at radius 3 is 2.53 bits per heavy atom. The van der Waals surface area contributed by atoms with E-state index in [1.165, 1.54) is 11.3 Å². The molecule has 1 rings (SSSR count). The predicted molar refractivity (Wildman–Crippen MR) is 65.2 cm³/mol. The average molecular weight is 227 g/mol. The van der Waals surface area contributed by atoms with E-state index in [1.54, 1.807) is 6.07 Å². The van der Waals surface area contributed by atoms with Crippen molar-refractivity contribution in [3.63, 3.8) is 0 Å². The van der Waals surface area contributed by atoms with Crippen molar-refractivity contribution >= 4 is 27.9 Å². The molecule has 0 aliphatic carbocycles. The highest BCUT2D eigenvalue weighted by atomic mass is 32.1. The summed E-state index contributed by atoms with van der Waals surface area (Å²) in [5, 5.41) is 4.24. The number of hydrogen-bond acceptors (Lipinski definition) is 4. The highest BCUT2D eigenvalue weighted by molar-refractivity contribution is 7.18. The predicted octanol–water partition coefficient (Wildman–Crippen LogP) is 2.03. The summed E-state index contributed by atoms with van der Waals surface area (Å²) in [6.45, 7) is 4.24. The molecule has 1 heterocycles. The molecule has 0 saturated carbocycles. The molecule has 4 nitrogen and oxygen atoms in total. The van der Waals surface area contributed by atoms with Crippen LogP contribution in [0.25, 0.3) is 0 Å². The lowest BCUT2D eigenvalue weighted by molar-refractivity contribution is 0.100. The monoisotopic (exact) mass is 227 g/mol. The van der Waals surface area contributed by atoms with Crippen LogP contribution in [-0.2, 0) is 0 Å². The number of anilines is 2. The Kier molecular flexibility index (Phi) is 3.96. The summed E-state index contributed by atoms with van der Waals surface area (Å²) >= 11 is 1.32. The fraction of sp³-hybridized carbons (Fsp3) is 0.500. The SMILES string of the molecule is CCC(CC)Nc1cc(N)c(C(N)=O)s1. The van der Waals surface area contributed by atoms with E-state index >= 15 is 0 Å². The smallest absolute Gasteiger partial charge is 0.260 e. The van der Waals surface area contributed by atoms with Gasteiger partial charge >= 0.3 is 0 Å². The first kappa shape index (κ1) is 11.8. The van der Waals surface area contributed by atoms with E-state index < -0.39 is 5.91 Å². The fourth-order valence-corrected chi connectivity index (χ4v) is 2.27. The van der Waals surface area contributed by atoms with Gasteiger partial charge in [0.25, 0.3) is 5.91 Å². The molecule has 0 aliphatic heterocycles. The van der Waals surface area contributed by atoms with Gasteiger partial charge in [-0.3, -0.25) is 4.79 Å². The van der Waals surface area contributed by atoms with Crippen LogP contribution in [0.4, 0.5) is 10.7 Å². The van der Waals surface area contributed by atoms with Crippen LogP contribution in [0, 0.1) is 0 Å². The Hall–Kier alpha value is -1.23. The number of nitrogens with two attached hydrogens (primary N) is 2. The zero-order chi connectivity index (χ0) is 11.4. The molecule has 0 saturated heterocycles. The Balaban J connectivity index is 2.79. The first-order chi connectivity index (χ1) is 7.08. The maximum Gasteiger partial charge on any atom is 0.260 e. The first-order valence-electron chi connectivity index (χ1n) is 5.04. The van der Waals surface area contributed by atoms with E-state index in [9.17, 15) is 4.79 Å². The minimum atomic E-state index is -0.463. The normalized spacial score (nSPS) is 10.6. The lowest BCUT2D eigenvalue weighted by Crippen LogP contribution is -2.15. The van der Waals surface area contributed by atoms with Gasteiger partial charge in [0.05, 0.1) is 10.7 Å². The molecule has 0 atom stereocenters. The standard InChI is InChI=1S/C10H17N3OS/c1-3-6(4-2)13-8-5-7(11)9(15-8)10(12)14/h5-6,13H,3-4,11H2,1-2H3,(H2,12,14). The molecule has 84 valence electrons. The van der Waals surface area contributed by atoms with Crippen LogP contribution in [0.1, 0.15) is 36.4 Å². The molecule has 5 N–H and O–H groups in total. The quantitative estimate of drug-likeness (QED) is 0.720. The molecule has 0 bridgehead atoms. The second-order valence-electron chi connectivity index (χ2n) is 3.42. The first-order valence-corrected chi connectivity index (χ1v) is 5.85. The van der Waals surface area contributed by atoms with E-state index in [0.717, 1.165) is 17.8 Å². The number of carbonyl (C=O) groups excluding carboxylic acids is 1. The van der Waals surface area contributed by atoms with Gasteiger partial charge in [0.15, 0.2) is 0 Å². The summed E-state index contributed by atoms with van der Waals surface area (Å²) in [7, 11) is 0. The minimum Gasteiger partial charge on any atom is -0.397 e. The largest absolute Gasteiger partial charge is 0.397 e. The van der Waals surface area contributed by atoms with Gasteiger partial charge in [0, 0.05) is 6.04 Å². The van der Waals surface area contributed by atoms with Crippen molar-refractivity contribution in [3.05, 3.63) is 10.9 Å². The second kappa shape index (κ2) is 5.02. The summed E-state index contributed by atoms with van der Waals surface area (Å²) in [4.78, 5) is 11.4. The summed E-state index contributed by atoms with van der Waals surface area (Å²) in [6, 6.07) is 2.19. The summed E-state index contributed by atoms with van der Waals surface area (Å²) in [5.74, 6) is -0.463. The number of nitrogens with one attached hydrogen (secondary N) is 1. The molecule has 1 amide bonds. The van der Waals surface area contributed by atoms with E-state index in [-0.39, 0.29) is 0 Å². The number of thiophene rings is 1. The molecule has 1 aromatic rings. The van der Waals surface area contributed by atoms with Crippen LogP contribution in [0.5, 0.6) is 0 Å². The number of nitrogen functional groups attached to an aromatic ring is 1. The Morgan fingerprint density at radius 1 is 1.53 bits per heavy atom. The maximum absolute atomic E-state index is 11.0. The number of rotatable bonds is 5. The summed E-state index contributed by atoms with van der Waals surface area (Å²) < 4.78 is 0. The lowest BCUT2D eigenvalue weighted by atomic mass is 10.2. The van der Waals surface area contributed by atoms with E-state index in [2.05, 4.69) is 19.2 Å². The van der Waals surface area contributed by atoms with Gasteiger partial charge in [-0.25, -0.2) is 0 Å². The van der Waals surface area contributed by atoms with Crippen LogP contribution in [0.15, 0.2) is 6.07 Å². The van der Waals surface area contributed by atoms with Gasteiger partial charge in [-0.15, -0.1) is 11.3 Å². The number of hydrogen-bond donors (Lipinski definition) is 3. The molecule has 1 aromatic heterocycles. The van der Waals surface area contributed by atoms with Crippen molar-refractivity contribution in [2.75, 3.05) is 11.1 Å². The van der Waals surface area contributed by atoms with E-state index in [0.29, 0.717) is 16.6 Å². The highest BCUT2D eigenvalue weighted by Gasteiger charge is 2.12. The van der Waals surface area contributed by atoms with Gasteiger partial charge in [0.2, 0.25) is 0 Å². The highest BCUT2D eigenvalue weighted by Crippen LogP contribution is 2.29. The topological polar surface area (TPSA) is 81.1 Å². The van der Waals surface area contributed by atoms with Gasteiger partial charge in [-0.1, -0.05) is 13.8 Å². The number of carbonyl (C=O) groups is 1. The van der Waals surface area contributed by atoms with Crippen LogP contribution < -0.4 is 16.8 Å². The van der Waals surface area contributed by atoms with E-state index in [1.807, 2.05) is 0 Å². The molecular weight excluding hydrogens is 210 g/mol. The Labute approximate surface area is 93.7 Å². The zero-order valence-corrected chi connectivity index (χ0v) is 9.86. The van der Waals surface area contributed by atoms with Crippen molar-refractivity contribution in [2.24, 2.45) is 5.73 Å². The molecule has 0 radical (unpaired) electrons.